The Morgan fingerprint density at radius 3 is 2.73 bits per heavy atom. The second-order valence-corrected chi connectivity index (χ2v) is 12.7. The summed E-state index contributed by atoms with van der Waals surface area (Å²) in [6.45, 7) is 8.57. The molecule has 3 saturated carbocycles. The van der Waals surface area contributed by atoms with E-state index in [9.17, 15) is 14.7 Å². The van der Waals surface area contributed by atoms with Crippen LogP contribution in [-0.2, 0) is 9.59 Å². The van der Waals surface area contributed by atoms with Gasteiger partial charge in [-0.05, 0) is 71.9 Å². The summed E-state index contributed by atoms with van der Waals surface area (Å²) in [5.41, 5.74) is 0.463. The van der Waals surface area contributed by atoms with Gasteiger partial charge < -0.3 is 22.0 Å². The van der Waals surface area contributed by atoms with Crippen molar-refractivity contribution in [3.63, 3.8) is 0 Å². The zero-order valence-electron chi connectivity index (χ0n) is 24.9. The first kappa shape index (κ1) is 31.9. The van der Waals surface area contributed by atoms with Gasteiger partial charge in [0.25, 0.3) is 0 Å². The van der Waals surface area contributed by atoms with E-state index in [0.717, 1.165) is 24.8 Å². The Balaban J connectivity index is 0.00000194. The van der Waals surface area contributed by atoms with E-state index in [2.05, 4.69) is 43.7 Å². The largest absolute Gasteiger partial charge is 2.00 e. The van der Waals surface area contributed by atoms with E-state index in [1.165, 1.54) is 6.33 Å². The number of carbonyl (C=O) groups excluding carboxylic acids is 2. The quantitative estimate of drug-likeness (QED) is 0.408. The molecule has 7 nitrogen and oxygen atoms in total. The van der Waals surface area contributed by atoms with Crippen molar-refractivity contribution < 1.29 is 55.3 Å². The van der Waals surface area contributed by atoms with Crippen LogP contribution in [0, 0.1) is 84.5 Å². The Morgan fingerprint density at radius 1 is 1.24 bits per heavy atom. The Morgan fingerprint density at radius 2 is 2.00 bits per heavy atom. The summed E-state index contributed by atoms with van der Waals surface area (Å²) < 4.78 is 11.3. The van der Waals surface area contributed by atoms with Crippen molar-refractivity contribution >= 4 is 22.5 Å². The van der Waals surface area contributed by atoms with Crippen LogP contribution in [0.5, 0.6) is 11.6 Å². The molecular weight excluding hydrogens is 742 g/mol. The first-order chi connectivity index (χ1) is 18.5. The van der Waals surface area contributed by atoms with Gasteiger partial charge in [0.2, 0.25) is 0 Å². The number of fused-ring (bicyclic) bond motifs is 6. The van der Waals surface area contributed by atoms with Crippen molar-refractivity contribution in [3.05, 3.63) is 55.8 Å². The summed E-state index contributed by atoms with van der Waals surface area (Å²) in [6.07, 6.45) is 9.64. The third kappa shape index (κ3) is 4.64. The van der Waals surface area contributed by atoms with Crippen LogP contribution in [-0.4, -0.2) is 46.5 Å². The second kappa shape index (κ2) is 11.2. The zero-order valence-corrected chi connectivity index (χ0v) is 29.0. The van der Waals surface area contributed by atoms with Crippen molar-refractivity contribution in [2.45, 2.75) is 59.5 Å². The van der Waals surface area contributed by atoms with Crippen molar-refractivity contribution in [3.8, 4) is 11.6 Å². The molecule has 8 atom stereocenters. The number of hydrogen-bond acceptors (Lipinski definition) is 7. The minimum Gasteiger partial charge on any atom is -0.523 e. The Kier molecular flexibility index (Phi) is 8.75. The summed E-state index contributed by atoms with van der Waals surface area (Å²) in [6, 6.07) is 6.52. The molecule has 4 aliphatic carbocycles. The van der Waals surface area contributed by atoms with Crippen LogP contribution < -0.4 is 9.47 Å². The van der Waals surface area contributed by atoms with Crippen LogP contribution >= 0.6 is 0 Å². The van der Waals surface area contributed by atoms with E-state index in [1.807, 2.05) is 6.08 Å². The van der Waals surface area contributed by atoms with Gasteiger partial charge in [0.15, 0.2) is 17.4 Å². The molecule has 8 heteroatoms. The summed E-state index contributed by atoms with van der Waals surface area (Å²) in [5.74, 6) is 1.78. The van der Waals surface area contributed by atoms with E-state index in [-0.39, 0.29) is 85.3 Å². The van der Waals surface area contributed by atoms with E-state index in [1.54, 1.807) is 31.4 Å². The topological polar surface area (TPSA) is 98.6 Å². The maximum Gasteiger partial charge on any atom is 2.00 e. The number of aliphatic hydroxyl groups excluding tert-OH is 1. The molecule has 0 radical (unpaired) electrons. The zero-order chi connectivity index (χ0) is 27.7. The SMILES string of the molecule is COc1[c-]cc2c(OCC(=O)[C@@]3(C)[C@H](C)CC4C5CCC6=CC(=O)C=CC6(C)C5[C@@H](O)CC43C)ncnc2c1.[CH3-].[U+2]. The van der Waals surface area contributed by atoms with Crippen LogP contribution in [0.1, 0.15) is 53.4 Å². The van der Waals surface area contributed by atoms with E-state index in [4.69, 9.17) is 9.47 Å². The number of ketones is 2. The van der Waals surface area contributed by atoms with Gasteiger partial charge in [0.05, 0.1) is 13.2 Å². The fourth-order valence-corrected chi connectivity index (χ4v) is 8.95. The van der Waals surface area contributed by atoms with Crippen LogP contribution in [0.3, 0.4) is 0 Å². The van der Waals surface area contributed by atoms with Gasteiger partial charge in [-0.3, -0.25) is 14.6 Å². The molecule has 0 spiro atoms. The molecule has 0 amide bonds. The second-order valence-electron chi connectivity index (χ2n) is 12.7. The average molecular weight is 783 g/mol. The predicted molar refractivity (Wildman–Crippen MR) is 153 cm³/mol. The molecule has 0 aliphatic heterocycles. The number of nitrogens with zero attached hydrogens (tertiary/aromatic N) is 2. The number of benzene rings is 1. The number of methoxy groups -OCH3 is 1. The molecule has 1 aromatic heterocycles. The third-order valence-electron chi connectivity index (χ3n) is 11.3. The van der Waals surface area contributed by atoms with Gasteiger partial charge in [0, 0.05) is 22.5 Å². The first-order valence-corrected chi connectivity index (χ1v) is 14.0. The van der Waals surface area contributed by atoms with E-state index >= 15 is 0 Å². The fourth-order valence-electron chi connectivity index (χ4n) is 8.95. The molecule has 41 heavy (non-hydrogen) atoms. The summed E-state index contributed by atoms with van der Waals surface area (Å²) in [7, 11) is 1.58. The molecule has 4 aliphatic rings. The number of allylic oxidation sites excluding steroid dienone is 4. The Labute approximate surface area is 267 Å². The molecular formula is C33H40N2O5U. The molecule has 1 heterocycles. The van der Waals surface area contributed by atoms with Crippen LogP contribution in [0.2, 0.25) is 0 Å². The summed E-state index contributed by atoms with van der Waals surface area (Å²) in [4.78, 5) is 34.8. The van der Waals surface area contributed by atoms with Gasteiger partial charge in [-0.15, -0.1) is 12.1 Å². The van der Waals surface area contributed by atoms with Crippen molar-refractivity contribution in [1.82, 2.24) is 9.97 Å². The third-order valence-corrected chi connectivity index (χ3v) is 11.3. The molecule has 1 aromatic carbocycles. The monoisotopic (exact) mass is 782 g/mol. The number of rotatable bonds is 5. The number of ether oxygens (including phenoxy) is 2. The molecule has 1 N–H and O–H groups in total. The minimum absolute atomic E-state index is 0. The van der Waals surface area contributed by atoms with Crippen LogP contribution in [0.15, 0.2) is 42.3 Å². The van der Waals surface area contributed by atoms with Gasteiger partial charge >= 0.3 is 31.1 Å². The molecule has 0 saturated heterocycles. The molecule has 216 valence electrons. The summed E-state index contributed by atoms with van der Waals surface area (Å²) >= 11 is 0. The molecule has 6 rings (SSSR count). The number of hydrogen-bond donors (Lipinski definition) is 1. The molecule has 2 aromatic rings. The first-order valence-electron chi connectivity index (χ1n) is 14.0. The number of Topliss-reactive ketones (excluding diaryl/α,β-unsaturated/α-hetero) is 1. The van der Waals surface area contributed by atoms with E-state index < -0.39 is 11.5 Å². The van der Waals surface area contributed by atoms with Crippen molar-refractivity contribution in [2.75, 3.05) is 13.7 Å². The maximum absolute atomic E-state index is 14.1. The maximum atomic E-state index is 14.1. The van der Waals surface area contributed by atoms with Gasteiger partial charge in [-0.25, -0.2) is 4.98 Å². The predicted octanol–water partition coefficient (Wildman–Crippen LogP) is 5.37. The number of aromatic nitrogens is 2. The van der Waals surface area contributed by atoms with Gasteiger partial charge in [0.1, 0.15) is 12.9 Å². The van der Waals surface area contributed by atoms with Gasteiger partial charge in [-0.1, -0.05) is 39.3 Å². The molecule has 5 unspecified atom stereocenters. The standard InChI is InChI=1S/C32H37N2O5.CH3.U/c1-18-12-24-22-8-6-19-13-20(35)10-11-30(19,2)28(22)26(36)15-31(24,3)32(18,4)27(37)16-39-29-23-9-7-21(38-5)14-25(23)33-17-34-29;;/h9-11,13-14,17-18,22,24,26,28,36H,6,8,12,15-16H2,1-5H3;1H3;/q2*-1;+2/t18-,22?,24?,26+,28?,30?,31?,32-;;/m1../s1. The van der Waals surface area contributed by atoms with Crippen molar-refractivity contribution in [2.24, 2.45) is 39.9 Å². The Hall–Kier alpha value is -2.01. The van der Waals surface area contributed by atoms with Gasteiger partial charge in [-0.2, -0.15) is 6.07 Å². The summed E-state index contributed by atoms with van der Waals surface area (Å²) in [5, 5.41) is 12.4. The van der Waals surface area contributed by atoms with E-state index in [0.29, 0.717) is 34.9 Å². The molecule has 0 bridgehead atoms. The fraction of sp³-hybridized carbons (Fsp3) is 0.545. The normalized spacial score (nSPS) is 37.1. The smallest absolute Gasteiger partial charge is 0.523 e. The van der Waals surface area contributed by atoms with Crippen LogP contribution in [0.25, 0.3) is 10.9 Å². The molecule has 3 fully saturated rings. The number of carbonyl (C=O) groups is 2. The average Bonchev–Trinajstić information content (AvgIpc) is 3.12. The Bertz CT molecular complexity index is 1420. The van der Waals surface area contributed by atoms with Crippen molar-refractivity contribution in [1.29, 1.82) is 0 Å². The minimum atomic E-state index is -0.656. The number of aliphatic hydroxyl groups is 1. The van der Waals surface area contributed by atoms with Crippen LogP contribution in [0.4, 0.5) is 0 Å².